The number of aromatic nitrogens is 2. The van der Waals surface area contributed by atoms with Crippen LogP contribution in [0.4, 0.5) is 0 Å². The van der Waals surface area contributed by atoms with Gasteiger partial charge in [-0.05, 0) is 68.1 Å². The van der Waals surface area contributed by atoms with E-state index in [9.17, 15) is 0 Å². The molecule has 0 fully saturated rings. The van der Waals surface area contributed by atoms with Crippen LogP contribution in [0.2, 0.25) is 0 Å². The summed E-state index contributed by atoms with van der Waals surface area (Å²) in [5.41, 5.74) is 4.39. The van der Waals surface area contributed by atoms with Gasteiger partial charge in [0.1, 0.15) is 5.75 Å². The molecule has 2 aromatic heterocycles. The zero-order valence-corrected chi connectivity index (χ0v) is 16.7. The molecule has 3 rings (SSSR count). The van der Waals surface area contributed by atoms with Crippen molar-refractivity contribution in [3.63, 3.8) is 0 Å². The van der Waals surface area contributed by atoms with Crippen molar-refractivity contribution < 1.29 is 4.74 Å². The van der Waals surface area contributed by atoms with E-state index in [0.29, 0.717) is 5.71 Å². The molecule has 0 unspecified atom stereocenters. The first-order valence-corrected chi connectivity index (χ1v) is 8.86. The summed E-state index contributed by atoms with van der Waals surface area (Å²) in [5, 5.41) is 10.3. The summed E-state index contributed by atoms with van der Waals surface area (Å²) in [6.45, 7) is 3.82. The molecule has 0 aliphatic heterocycles. The van der Waals surface area contributed by atoms with Crippen LogP contribution in [-0.2, 0) is 0 Å². The Morgan fingerprint density at radius 3 is 2.61 bits per heavy atom. The standard InChI is InChI=1S/C17H15BrIN3O/c1-8(19)16(9(2)20)11-6-21-7-14-17(11)10-4-15(23-3)12(18)5-13(10)22-14/h4-7,20,22H,1-3H3/b16-8+,20-9?. The molecule has 0 atom stereocenters. The maximum atomic E-state index is 8.14. The average Bonchev–Trinajstić information content (AvgIpc) is 2.83. The minimum Gasteiger partial charge on any atom is -0.496 e. The molecule has 2 heterocycles. The van der Waals surface area contributed by atoms with E-state index in [1.165, 1.54) is 0 Å². The van der Waals surface area contributed by atoms with Crippen LogP contribution in [-0.4, -0.2) is 22.8 Å². The molecule has 0 bridgehead atoms. The quantitative estimate of drug-likeness (QED) is 0.371. The summed E-state index contributed by atoms with van der Waals surface area (Å²) < 4.78 is 7.41. The van der Waals surface area contributed by atoms with Gasteiger partial charge >= 0.3 is 0 Å². The first-order valence-electron chi connectivity index (χ1n) is 6.99. The van der Waals surface area contributed by atoms with Crippen LogP contribution in [0.25, 0.3) is 27.4 Å². The van der Waals surface area contributed by atoms with Crippen LogP contribution < -0.4 is 4.74 Å². The van der Waals surface area contributed by atoms with Gasteiger partial charge in [-0.1, -0.05) is 0 Å². The number of methoxy groups -OCH3 is 1. The molecular weight excluding hydrogens is 469 g/mol. The number of rotatable bonds is 3. The number of ether oxygens (including phenoxy) is 1. The van der Waals surface area contributed by atoms with E-state index in [4.69, 9.17) is 10.1 Å². The first-order chi connectivity index (χ1) is 10.9. The van der Waals surface area contributed by atoms with Crippen molar-refractivity contribution in [2.24, 2.45) is 0 Å². The molecule has 6 heteroatoms. The molecule has 0 spiro atoms. The lowest BCUT2D eigenvalue weighted by Gasteiger charge is -2.10. The number of pyridine rings is 1. The van der Waals surface area contributed by atoms with Gasteiger partial charge in [-0.2, -0.15) is 0 Å². The van der Waals surface area contributed by atoms with Crippen molar-refractivity contribution in [1.29, 1.82) is 5.41 Å². The van der Waals surface area contributed by atoms with Gasteiger partial charge in [0.15, 0.2) is 0 Å². The summed E-state index contributed by atoms with van der Waals surface area (Å²) in [5.74, 6) is 0.782. The van der Waals surface area contributed by atoms with E-state index in [2.05, 4.69) is 48.5 Å². The Morgan fingerprint density at radius 2 is 2.00 bits per heavy atom. The number of H-pyrrole nitrogens is 1. The molecule has 1 aromatic carbocycles. The highest BCUT2D eigenvalue weighted by Gasteiger charge is 2.17. The molecule has 0 radical (unpaired) electrons. The monoisotopic (exact) mass is 483 g/mol. The minimum atomic E-state index is 0.532. The molecule has 118 valence electrons. The lowest BCUT2D eigenvalue weighted by atomic mass is 9.98. The van der Waals surface area contributed by atoms with Gasteiger partial charge in [-0.3, -0.25) is 4.98 Å². The summed E-state index contributed by atoms with van der Waals surface area (Å²) >= 11 is 5.79. The Balaban J connectivity index is 2.47. The van der Waals surface area contributed by atoms with E-state index in [0.717, 1.165) is 46.7 Å². The number of halogens is 2. The highest BCUT2D eigenvalue weighted by Crippen LogP contribution is 2.38. The molecule has 0 aliphatic rings. The smallest absolute Gasteiger partial charge is 0.133 e. The van der Waals surface area contributed by atoms with E-state index < -0.39 is 0 Å². The predicted molar refractivity (Wildman–Crippen MR) is 108 cm³/mol. The highest BCUT2D eigenvalue weighted by molar-refractivity contribution is 14.1. The SMILES string of the molecule is COc1cc2c(cc1Br)[nH]c1cncc(/C(C(C)=N)=C(\C)I)c12. The van der Waals surface area contributed by atoms with Gasteiger partial charge in [0.25, 0.3) is 0 Å². The van der Waals surface area contributed by atoms with Crippen molar-refractivity contribution in [1.82, 2.24) is 9.97 Å². The third kappa shape index (κ3) is 2.78. The lowest BCUT2D eigenvalue weighted by molar-refractivity contribution is 0.413. The lowest BCUT2D eigenvalue weighted by Crippen LogP contribution is -1.98. The molecule has 3 aromatic rings. The molecule has 4 nitrogen and oxygen atoms in total. The van der Waals surface area contributed by atoms with Crippen molar-refractivity contribution >= 4 is 71.6 Å². The van der Waals surface area contributed by atoms with Crippen molar-refractivity contribution in [2.75, 3.05) is 7.11 Å². The van der Waals surface area contributed by atoms with Gasteiger partial charge in [0.05, 0.1) is 23.3 Å². The molecule has 2 N–H and O–H groups in total. The summed E-state index contributed by atoms with van der Waals surface area (Å²) in [7, 11) is 1.66. The van der Waals surface area contributed by atoms with E-state index in [1.54, 1.807) is 7.11 Å². The van der Waals surface area contributed by atoms with Crippen molar-refractivity contribution in [3.05, 3.63) is 38.1 Å². The second-order valence-corrected chi connectivity index (χ2v) is 7.77. The Labute approximate surface area is 156 Å². The van der Waals surface area contributed by atoms with E-state index >= 15 is 0 Å². The van der Waals surface area contributed by atoms with E-state index in [1.807, 2.05) is 38.4 Å². The molecule has 23 heavy (non-hydrogen) atoms. The predicted octanol–water partition coefficient (Wildman–Crippen LogP) is 5.69. The Morgan fingerprint density at radius 1 is 1.26 bits per heavy atom. The topological polar surface area (TPSA) is 61.8 Å². The zero-order valence-electron chi connectivity index (χ0n) is 12.9. The van der Waals surface area contributed by atoms with Crippen LogP contribution in [0.1, 0.15) is 19.4 Å². The van der Waals surface area contributed by atoms with Crippen LogP contribution in [0.3, 0.4) is 0 Å². The Bertz CT molecular complexity index is 971. The first kappa shape index (κ1) is 16.4. The van der Waals surface area contributed by atoms with Gasteiger partial charge < -0.3 is 15.1 Å². The van der Waals surface area contributed by atoms with Crippen molar-refractivity contribution in [2.45, 2.75) is 13.8 Å². The number of aromatic amines is 1. The number of hydrogen-bond donors (Lipinski definition) is 2. The number of fused-ring (bicyclic) bond motifs is 3. The second-order valence-electron chi connectivity index (χ2n) is 5.30. The molecule has 0 saturated carbocycles. The number of nitrogens with one attached hydrogen (secondary N) is 2. The van der Waals surface area contributed by atoms with Crippen LogP contribution >= 0.6 is 38.5 Å². The van der Waals surface area contributed by atoms with Crippen LogP contribution in [0, 0.1) is 5.41 Å². The second kappa shape index (κ2) is 6.24. The summed E-state index contributed by atoms with van der Waals surface area (Å²) in [4.78, 5) is 7.75. The maximum Gasteiger partial charge on any atom is 0.133 e. The summed E-state index contributed by atoms with van der Waals surface area (Å²) in [6, 6.07) is 4.02. The third-order valence-corrected chi connectivity index (χ3v) is 4.92. The Hall–Kier alpha value is -1.41. The van der Waals surface area contributed by atoms with Gasteiger partial charge in [-0.15, -0.1) is 0 Å². The normalized spacial score (nSPS) is 12.6. The average molecular weight is 484 g/mol. The molecule has 0 amide bonds. The van der Waals surface area contributed by atoms with Gasteiger partial charge in [0, 0.05) is 39.3 Å². The highest BCUT2D eigenvalue weighted by atomic mass is 127. The number of hydrogen-bond acceptors (Lipinski definition) is 3. The molecule has 0 aliphatic carbocycles. The minimum absolute atomic E-state index is 0.532. The number of nitrogens with zero attached hydrogens (tertiary/aromatic N) is 1. The maximum absolute atomic E-state index is 8.14. The van der Waals surface area contributed by atoms with Gasteiger partial charge in [0.2, 0.25) is 0 Å². The number of allylic oxidation sites excluding steroid dienone is 2. The van der Waals surface area contributed by atoms with E-state index in [-0.39, 0.29) is 0 Å². The van der Waals surface area contributed by atoms with Crippen LogP contribution in [0.15, 0.2) is 32.6 Å². The molecule has 0 saturated heterocycles. The molecular formula is C17H15BrIN3O. The fraction of sp³-hybridized carbons (Fsp3) is 0.176. The van der Waals surface area contributed by atoms with Crippen molar-refractivity contribution in [3.8, 4) is 5.75 Å². The third-order valence-electron chi connectivity index (χ3n) is 3.77. The largest absolute Gasteiger partial charge is 0.496 e. The zero-order chi connectivity index (χ0) is 16.7. The fourth-order valence-electron chi connectivity index (χ4n) is 2.85. The van der Waals surface area contributed by atoms with Crippen LogP contribution in [0.5, 0.6) is 5.75 Å². The number of benzene rings is 1. The van der Waals surface area contributed by atoms with Gasteiger partial charge in [-0.25, -0.2) is 0 Å². The Kier molecular flexibility index (Phi) is 4.46. The summed E-state index contributed by atoms with van der Waals surface area (Å²) in [6.07, 6.45) is 3.65. The fourth-order valence-corrected chi connectivity index (χ4v) is 4.05.